The Morgan fingerprint density at radius 2 is 1.35 bits per heavy atom. The van der Waals surface area contributed by atoms with Gasteiger partial charge in [-0.15, -0.1) is 0 Å². The lowest BCUT2D eigenvalue weighted by Crippen LogP contribution is -2.09. The Morgan fingerprint density at radius 1 is 0.806 bits per heavy atom. The molecule has 2 N–H and O–H groups in total. The van der Waals surface area contributed by atoms with Crippen molar-refractivity contribution in [3.05, 3.63) is 112 Å². The summed E-state index contributed by atoms with van der Waals surface area (Å²) in [7, 11) is 0. The average molecular weight is 424 g/mol. The van der Waals surface area contributed by atoms with E-state index in [1.54, 1.807) is 24.3 Å². The molecule has 0 aliphatic rings. The van der Waals surface area contributed by atoms with Crippen LogP contribution in [0, 0.1) is 18.6 Å². The number of hydrogen-bond acceptors (Lipinski definition) is 3. The molecule has 0 spiro atoms. The van der Waals surface area contributed by atoms with Crippen LogP contribution in [0.3, 0.4) is 0 Å². The zero-order chi connectivity index (χ0) is 23.0. The third kappa shape index (κ3) is 7.01. The number of aliphatic carboxylic acids is 1. The molecule has 0 saturated carbocycles. The van der Waals surface area contributed by atoms with Crippen LogP contribution in [-0.2, 0) is 4.79 Å². The monoisotopic (exact) mass is 424 g/mol. The molecule has 0 heterocycles. The lowest BCUT2D eigenvalue weighted by Gasteiger charge is -2.05. The quantitative estimate of drug-likeness (QED) is 0.445. The van der Waals surface area contributed by atoms with Crippen LogP contribution in [0.25, 0.3) is 6.08 Å². The smallest absolute Gasteiger partial charge is 0.336 e. The second kappa shape index (κ2) is 10.6. The molecule has 0 aromatic heterocycles. The Bertz CT molecular complexity index is 1110. The molecule has 0 saturated heterocycles. The van der Waals surface area contributed by atoms with Crippen molar-refractivity contribution in [2.45, 2.75) is 6.92 Å². The summed E-state index contributed by atoms with van der Waals surface area (Å²) in [4.78, 5) is 33.3. The van der Waals surface area contributed by atoms with E-state index < -0.39 is 23.6 Å². The lowest BCUT2D eigenvalue weighted by molar-refractivity contribution is -0.131. The zero-order valence-corrected chi connectivity index (χ0v) is 16.4. The second-order valence-corrected chi connectivity index (χ2v) is 6.42. The van der Waals surface area contributed by atoms with Gasteiger partial charge in [-0.05, 0) is 36.8 Å². The molecule has 3 aromatic rings. The van der Waals surface area contributed by atoms with Crippen molar-refractivity contribution in [2.75, 3.05) is 0 Å². The first-order valence-electron chi connectivity index (χ1n) is 8.98. The highest BCUT2D eigenvalue weighted by Gasteiger charge is 2.16. The van der Waals surface area contributed by atoms with Gasteiger partial charge in [0.1, 0.15) is 11.6 Å². The molecular weight excluding hydrogens is 406 g/mol. The van der Waals surface area contributed by atoms with E-state index in [0.717, 1.165) is 35.9 Å². The molecule has 0 unspecified atom stereocenters. The van der Waals surface area contributed by atoms with Crippen LogP contribution < -0.4 is 0 Å². The largest absolute Gasteiger partial charge is 0.478 e. The molecule has 3 rings (SSSR count). The van der Waals surface area contributed by atoms with Crippen LogP contribution in [0.4, 0.5) is 8.78 Å². The summed E-state index contributed by atoms with van der Waals surface area (Å²) in [6.45, 7) is 1.93. The molecule has 31 heavy (non-hydrogen) atoms. The number of aromatic carboxylic acids is 1. The number of benzene rings is 3. The number of carboxylic acids is 2. The number of halogens is 2. The first-order chi connectivity index (χ1) is 14.7. The van der Waals surface area contributed by atoms with E-state index in [-0.39, 0.29) is 22.5 Å². The van der Waals surface area contributed by atoms with Gasteiger partial charge in [0.15, 0.2) is 5.78 Å². The van der Waals surface area contributed by atoms with E-state index in [9.17, 15) is 23.2 Å². The third-order valence-corrected chi connectivity index (χ3v) is 4.02. The zero-order valence-electron chi connectivity index (χ0n) is 16.4. The number of rotatable bonds is 5. The molecule has 5 nitrogen and oxygen atoms in total. The summed E-state index contributed by atoms with van der Waals surface area (Å²) in [5.74, 6) is -3.99. The Morgan fingerprint density at radius 3 is 1.87 bits per heavy atom. The Balaban J connectivity index is 0.000000233. The van der Waals surface area contributed by atoms with Crippen LogP contribution in [0.15, 0.2) is 72.8 Å². The second-order valence-electron chi connectivity index (χ2n) is 6.42. The highest BCUT2D eigenvalue weighted by Crippen LogP contribution is 2.15. The summed E-state index contributed by atoms with van der Waals surface area (Å²) in [6, 6.07) is 16.1. The van der Waals surface area contributed by atoms with Crippen LogP contribution in [0.1, 0.15) is 37.4 Å². The molecule has 0 fully saturated rings. The number of carbonyl (C=O) groups excluding carboxylic acids is 1. The van der Waals surface area contributed by atoms with Crippen molar-refractivity contribution in [2.24, 2.45) is 0 Å². The molecular formula is C24H18F2O5. The predicted octanol–water partition coefficient (Wildman–Crippen LogP) is 4.99. The van der Waals surface area contributed by atoms with Crippen LogP contribution in [0.5, 0.6) is 0 Å². The maximum atomic E-state index is 12.5. The fourth-order valence-corrected chi connectivity index (χ4v) is 2.57. The third-order valence-electron chi connectivity index (χ3n) is 4.02. The van der Waals surface area contributed by atoms with Crippen molar-refractivity contribution in [1.82, 2.24) is 0 Å². The first-order valence-corrected chi connectivity index (χ1v) is 8.98. The minimum absolute atomic E-state index is 0.0306. The molecule has 0 bridgehead atoms. The van der Waals surface area contributed by atoms with Gasteiger partial charge in [0, 0.05) is 23.3 Å². The summed E-state index contributed by atoms with van der Waals surface area (Å²) in [5, 5.41) is 17.3. The molecule has 3 aromatic carbocycles. The van der Waals surface area contributed by atoms with Crippen molar-refractivity contribution < 1.29 is 33.4 Å². The maximum Gasteiger partial charge on any atom is 0.336 e. The number of hydrogen-bond donors (Lipinski definition) is 2. The molecule has 0 aliphatic carbocycles. The van der Waals surface area contributed by atoms with Gasteiger partial charge in [-0.3, -0.25) is 4.79 Å². The summed E-state index contributed by atoms with van der Waals surface area (Å²) in [5.41, 5.74) is 1.98. The minimum atomic E-state index is -1.16. The number of ketones is 1. The number of aryl methyl sites for hydroxylation is 1. The van der Waals surface area contributed by atoms with Gasteiger partial charge in [0.2, 0.25) is 0 Å². The highest BCUT2D eigenvalue weighted by atomic mass is 19.1. The van der Waals surface area contributed by atoms with Crippen molar-refractivity contribution >= 4 is 23.8 Å². The summed E-state index contributed by atoms with van der Waals surface area (Å²) < 4.78 is 25.1. The molecule has 0 amide bonds. The predicted molar refractivity (Wildman–Crippen MR) is 111 cm³/mol. The summed E-state index contributed by atoms with van der Waals surface area (Å²) in [6.07, 6.45) is 1.93. The van der Waals surface area contributed by atoms with Gasteiger partial charge in [-0.25, -0.2) is 18.4 Å². The topological polar surface area (TPSA) is 91.7 Å². The van der Waals surface area contributed by atoms with Gasteiger partial charge in [-0.2, -0.15) is 0 Å². The van der Waals surface area contributed by atoms with Crippen LogP contribution >= 0.6 is 0 Å². The van der Waals surface area contributed by atoms with E-state index in [0.29, 0.717) is 5.56 Å². The fourth-order valence-electron chi connectivity index (χ4n) is 2.57. The Kier molecular flexibility index (Phi) is 7.91. The van der Waals surface area contributed by atoms with E-state index in [4.69, 9.17) is 10.2 Å². The number of carboxylic acid groups (broad SMARTS) is 2. The van der Waals surface area contributed by atoms with Crippen LogP contribution in [0.2, 0.25) is 0 Å². The fraction of sp³-hybridized carbons (Fsp3) is 0.0417. The van der Waals surface area contributed by atoms with Gasteiger partial charge in [0.05, 0.1) is 5.56 Å². The van der Waals surface area contributed by atoms with E-state index >= 15 is 0 Å². The van der Waals surface area contributed by atoms with Gasteiger partial charge < -0.3 is 10.2 Å². The van der Waals surface area contributed by atoms with Crippen molar-refractivity contribution in [1.29, 1.82) is 0 Å². The van der Waals surface area contributed by atoms with Crippen molar-refractivity contribution in [3.63, 3.8) is 0 Å². The van der Waals surface area contributed by atoms with Gasteiger partial charge >= 0.3 is 11.9 Å². The molecule has 7 heteroatoms. The normalized spacial score (nSPS) is 10.3. The molecule has 0 aliphatic heterocycles. The first kappa shape index (κ1) is 23.2. The highest BCUT2D eigenvalue weighted by molar-refractivity contribution is 6.14. The Hall–Kier alpha value is -4.13. The lowest BCUT2D eigenvalue weighted by atomic mass is 9.98. The maximum absolute atomic E-state index is 12.5. The average Bonchev–Trinajstić information content (AvgIpc) is 2.72. The van der Waals surface area contributed by atoms with Crippen LogP contribution in [-0.4, -0.2) is 27.9 Å². The minimum Gasteiger partial charge on any atom is -0.478 e. The van der Waals surface area contributed by atoms with E-state index in [1.807, 2.05) is 19.1 Å². The van der Waals surface area contributed by atoms with Gasteiger partial charge in [0.25, 0.3) is 0 Å². The van der Waals surface area contributed by atoms with E-state index in [1.165, 1.54) is 12.1 Å². The molecule has 158 valence electrons. The summed E-state index contributed by atoms with van der Waals surface area (Å²) >= 11 is 0. The van der Waals surface area contributed by atoms with E-state index in [2.05, 4.69) is 0 Å². The Labute approximate surface area is 176 Å². The number of carbonyl (C=O) groups is 3. The SMILES string of the molecule is Cc1ccc(C(=O)c2ccccc2C(=O)O)cc1.O=C(O)/C=C/c1cc(F)cc(F)c1. The van der Waals surface area contributed by atoms with Gasteiger partial charge in [-0.1, -0.05) is 48.0 Å². The molecule has 0 radical (unpaired) electrons. The molecule has 0 atom stereocenters. The standard InChI is InChI=1S/C15H12O3.C9H6F2O2/c1-10-6-8-11(9-7-10)14(16)12-4-2-3-5-13(12)15(17)18;10-7-3-6(1-2-9(12)13)4-8(11)5-7/h2-9H,1H3,(H,17,18);1-5H,(H,12,13)/b;2-1+. The van der Waals surface area contributed by atoms with Crippen molar-refractivity contribution in [3.8, 4) is 0 Å².